The number of aromatic nitrogens is 1. The van der Waals surface area contributed by atoms with Crippen LogP contribution in [0.25, 0.3) is 10.2 Å². The Kier molecular flexibility index (Phi) is 5.61. The number of fused-ring (bicyclic) bond motifs is 1. The van der Waals surface area contributed by atoms with E-state index >= 15 is 0 Å². The average Bonchev–Trinajstić information content (AvgIpc) is 2.91. The van der Waals surface area contributed by atoms with Gasteiger partial charge in [-0.15, -0.1) is 11.3 Å². The summed E-state index contributed by atoms with van der Waals surface area (Å²) in [5.41, 5.74) is 4.43. The number of aliphatic hydroxyl groups excluding tert-OH is 1. The summed E-state index contributed by atoms with van der Waals surface area (Å²) in [5, 5.41) is 11.9. The van der Waals surface area contributed by atoms with E-state index in [9.17, 15) is 0 Å². The van der Waals surface area contributed by atoms with Crippen molar-refractivity contribution in [3.8, 4) is 0 Å². The van der Waals surface area contributed by atoms with Crippen LogP contribution in [0.2, 0.25) is 0 Å². The van der Waals surface area contributed by atoms with Crippen molar-refractivity contribution in [3.63, 3.8) is 0 Å². The second-order valence-electron chi connectivity index (χ2n) is 5.04. The topological polar surface area (TPSA) is 57.5 Å². The molecule has 2 heterocycles. The van der Waals surface area contributed by atoms with Crippen LogP contribution in [0.5, 0.6) is 0 Å². The molecule has 0 saturated carbocycles. The van der Waals surface area contributed by atoms with Crippen LogP contribution < -0.4 is 5.32 Å². The van der Waals surface area contributed by atoms with Gasteiger partial charge in [0.1, 0.15) is 0 Å². The number of aliphatic imine (C=N–C) groups is 1. The van der Waals surface area contributed by atoms with E-state index in [2.05, 4.69) is 28.3 Å². The van der Waals surface area contributed by atoms with Crippen molar-refractivity contribution in [1.82, 2.24) is 10.3 Å². The maximum Gasteiger partial charge on any atom is 0.0819 e. The molecule has 2 aromatic rings. The molecule has 0 atom stereocenters. The van der Waals surface area contributed by atoms with Crippen LogP contribution in [0.1, 0.15) is 24.3 Å². The summed E-state index contributed by atoms with van der Waals surface area (Å²) < 4.78 is 1.23. The number of hydrogen-bond donors (Lipinski definition) is 2. The maximum absolute atomic E-state index is 8.72. The van der Waals surface area contributed by atoms with Crippen LogP contribution >= 0.6 is 11.3 Å². The Morgan fingerprint density at radius 2 is 2.29 bits per heavy atom. The van der Waals surface area contributed by atoms with Gasteiger partial charge in [0.05, 0.1) is 27.4 Å². The quantitative estimate of drug-likeness (QED) is 0.637. The highest BCUT2D eigenvalue weighted by atomic mass is 32.1. The van der Waals surface area contributed by atoms with Crippen molar-refractivity contribution in [2.45, 2.75) is 20.8 Å². The van der Waals surface area contributed by atoms with Crippen LogP contribution in [0.3, 0.4) is 0 Å². The molecule has 0 aliphatic rings. The molecule has 2 N–H and O–H groups in total. The summed E-state index contributed by atoms with van der Waals surface area (Å²) >= 11 is 1.73. The standard InChI is InChI=1S/C16H21N3OS/c1-11(9-17-6-7-20)10-19-13(3)15-8-14-16(21-15)12(2)4-5-18-14/h4-5,8,10,17,20H,6-7,9H2,1-3H3/b11-10+,19-13+. The molecule has 0 amide bonds. The van der Waals surface area contributed by atoms with Crippen molar-refractivity contribution in [2.75, 3.05) is 19.7 Å². The molecule has 4 nitrogen and oxygen atoms in total. The van der Waals surface area contributed by atoms with E-state index in [1.54, 1.807) is 11.3 Å². The molecule has 0 spiro atoms. The molecule has 21 heavy (non-hydrogen) atoms. The SMILES string of the molecule is C/C(=C\N=C(/C)c1cc2nccc(C)c2s1)CNCCO. The summed E-state index contributed by atoms with van der Waals surface area (Å²) in [4.78, 5) is 10.1. The van der Waals surface area contributed by atoms with Crippen LogP contribution in [-0.2, 0) is 0 Å². The van der Waals surface area contributed by atoms with Gasteiger partial charge in [-0.2, -0.15) is 0 Å². The van der Waals surface area contributed by atoms with Crippen LogP contribution in [0.15, 0.2) is 35.1 Å². The molecule has 0 aliphatic heterocycles. The Morgan fingerprint density at radius 1 is 1.48 bits per heavy atom. The molecule has 0 unspecified atom stereocenters. The number of nitrogens with zero attached hydrogens (tertiary/aromatic N) is 2. The van der Waals surface area contributed by atoms with E-state index < -0.39 is 0 Å². The Labute approximate surface area is 129 Å². The molecule has 0 aromatic carbocycles. The zero-order chi connectivity index (χ0) is 15.2. The fourth-order valence-corrected chi connectivity index (χ4v) is 2.96. The normalized spacial score (nSPS) is 13.1. The Balaban J connectivity index is 2.14. The van der Waals surface area contributed by atoms with Gasteiger partial charge in [-0.05, 0) is 44.0 Å². The molecule has 0 fully saturated rings. The highest BCUT2D eigenvalue weighted by Gasteiger charge is 2.06. The van der Waals surface area contributed by atoms with E-state index in [0.717, 1.165) is 28.2 Å². The lowest BCUT2D eigenvalue weighted by molar-refractivity contribution is 0.294. The number of rotatable bonds is 6. The van der Waals surface area contributed by atoms with Gasteiger partial charge in [0, 0.05) is 25.5 Å². The zero-order valence-electron chi connectivity index (χ0n) is 12.7. The van der Waals surface area contributed by atoms with Crippen LogP contribution in [0.4, 0.5) is 0 Å². The first-order chi connectivity index (χ1) is 10.1. The number of nitrogens with one attached hydrogen (secondary N) is 1. The predicted molar refractivity (Wildman–Crippen MR) is 90.3 cm³/mol. The summed E-state index contributed by atoms with van der Waals surface area (Å²) in [6.07, 6.45) is 3.72. The second kappa shape index (κ2) is 7.45. The van der Waals surface area contributed by atoms with Gasteiger partial charge < -0.3 is 10.4 Å². The molecule has 5 heteroatoms. The Hall–Kier alpha value is -1.56. The molecule has 112 valence electrons. The minimum Gasteiger partial charge on any atom is -0.395 e. The third-order valence-corrected chi connectivity index (χ3v) is 4.50. The molecule has 0 radical (unpaired) electrons. The lowest BCUT2D eigenvalue weighted by atomic mass is 10.2. The minimum atomic E-state index is 0.156. The smallest absolute Gasteiger partial charge is 0.0819 e. The zero-order valence-corrected chi connectivity index (χ0v) is 13.5. The molecular formula is C16H21N3OS. The predicted octanol–water partition coefficient (Wildman–Crippen LogP) is 2.90. The van der Waals surface area contributed by atoms with Gasteiger partial charge in [-0.25, -0.2) is 0 Å². The van der Waals surface area contributed by atoms with Gasteiger partial charge in [-0.3, -0.25) is 9.98 Å². The second-order valence-corrected chi connectivity index (χ2v) is 6.10. The summed E-state index contributed by atoms with van der Waals surface area (Å²) in [5.74, 6) is 0. The monoisotopic (exact) mass is 303 g/mol. The van der Waals surface area contributed by atoms with E-state index in [1.807, 2.05) is 32.3 Å². The number of pyridine rings is 1. The Bertz CT molecular complexity index is 673. The minimum absolute atomic E-state index is 0.156. The maximum atomic E-state index is 8.72. The van der Waals surface area contributed by atoms with Crippen molar-refractivity contribution < 1.29 is 5.11 Å². The van der Waals surface area contributed by atoms with Crippen molar-refractivity contribution in [1.29, 1.82) is 0 Å². The fraction of sp³-hybridized carbons (Fsp3) is 0.375. The molecule has 0 saturated heterocycles. The first kappa shape index (κ1) is 15.8. The highest BCUT2D eigenvalue weighted by Crippen LogP contribution is 2.27. The molecular weight excluding hydrogens is 282 g/mol. The largest absolute Gasteiger partial charge is 0.395 e. The van der Waals surface area contributed by atoms with E-state index in [-0.39, 0.29) is 6.61 Å². The average molecular weight is 303 g/mol. The first-order valence-electron chi connectivity index (χ1n) is 6.99. The van der Waals surface area contributed by atoms with Gasteiger partial charge in [-0.1, -0.05) is 0 Å². The third-order valence-electron chi connectivity index (χ3n) is 3.14. The highest BCUT2D eigenvalue weighted by molar-refractivity contribution is 7.21. The molecule has 0 bridgehead atoms. The lowest BCUT2D eigenvalue weighted by Gasteiger charge is -2.01. The van der Waals surface area contributed by atoms with Gasteiger partial charge in [0.2, 0.25) is 0 Å². The lowest BCUT2D eigenvalue weighted by Crippen LogP contribution is -2.19. The molecule has 2 aromatic heterocycles. The summed E-state index contributed by atoms with van der Waals surface area (Å²) in [6, 6.07) is 4.13. The van der Waals surface area contributed by atoms with Crippen molar-refractivity contribution >= 4 is 27.3 Å². The Morgan fingerprint density at radius 3 is 3.00 bits per heavy atom. The van der Waals surface area contributed by atoms with Gasteiger partial charge >= 0.3 is 0 Å². The van der Waals surface area contributed by atoms with Crippen molar-refractivity contribution in [3.05, 3.63) is 40.5 Å². The first-order valence-corrected chi connectivity index (χ1v) is 7.80. The number of hydrogen-bond acceptors (Lipinski definition) is 5. The summed E-state index contributed by atoms with van der Waals surface area (Å²) in [6.45, 7) is 7.65. The van der Waals surface area contributed by atoms with Crippen LogP contribution in [0, 0.1) is 6.92 Å². The number of aryl methyl sites for hydroxylation is 1. The van der Waals surface area contributed by atoms with E-state index in [1.165, 1.54) is 10.3 Å². The van der Waals surface area contributed by atoms with Gasteiger partial charge in [0.25, 0.3) is 0 Å². The number of thiophene rings is 1. The number of aliphatic hydroxyl groups is 1. The summed E-state index contributed by atoms with van der Waals surface area (Å²) in [7, 11) is 0. The van der Waals surface area contributed by atoms with Crippen molar-refractivity contribution in [2.24, 2.45) is 4.99 Å². The third kappa shape index (κ3) is 4.20. The molecule has 0 aliphatic carbocycles. The van der Waals surface area contributed by atoms with Crippen LogP contribution in [-0.4, -0.2) is 35.5 Å². The fourth-order valence-electron chi connectivity index (χ4n) is 1.92. The molecule has 2 rings (SSSR count). The van der Waals surface area contributed by atoms with E-state index in [0.29, 0.717) is 6.54 Å². The van der Waals surface area contributed by atoms with E-state index in [4.69, 9.17) is 5.11 Å². The van der Waals surface area contributed by atoms with Gasteiger partial charge in [0.15, 0.2) is 0 Å².